The van der Waals surface area contributed by atoms with E-state index < -0.39 is 0 Å². The van der Waals surface area contributed by atoms with E-state index in [1.165, 1.54) is 0 Å². The third kappa shape index (κ3) is 4.23. The van der Waals surface area contributed by atoms with Crippen molar-refractivity contribution < 1.29 is 4.74 Å². The summed E-state index contributed by atoms with van der Waals surface area (Å²) < 4.78 is 5.48. The summed E-state index contributed by atoms with van der Waals surface area (Å²) in [6, 6.07) is 1.96. The molecule has 0 amide bonds. The van der Waals surface area contributed by atoms with Crippen LogP contribution in [0.2, 0.25) is 0 Å². The number of hydrogen-bond donors (Lipinski definition) is 2. The van der Waals surface area contributed by atoms with Crippen LogP contribution in [0.4, 0.5) is 5.69 Å². The molecule has 0 saturated heterocycles. The number of nitrogens with zero attached hydrogens (tertiary/aromatic N) is 1. The Labute approximate surface area is 114 Å². The Balaban J connectivity index is 2.77. The highest BCUT2D eigenvalue weighted by Crippen LogP contribution is 2.19. The first kappa shape index (κ1) is 14.9. The normalized spacial score (nSPS) is 10.7. The zero-order valence-corrected chi connectivity index (χ0v) is 12.2. The van der Waals surface area contributed by atoms with Crippen molar-refractivity contribution in [3.8, 4) is 0 Å². The SMILES string of the molecule is Cc1cc(NCCOC(C)C)c(C(N)=S)c(C)n1. The van der Waals surface area contributed by atoms with Gasteiger partial charge in [-0.05, 0) is 33.8 Å². The smallest absolute Gasteiger partial charge is 0.107 e. The molecule has 0 aliphatic heterocycles. The fourth-order valence-corrected chi connectivity index (χ4v) is 2.02. The molecular weight excluding hydrogens is 246 g/mol. The average molecular weight is 267 g/mol. The lowest BCUT2D eigenvalue weighted by atomic mass is 10.1. The highest BCUT2D eigenvalue weighted by Gasteiger charge is 2.10. The van der Waals surface area contributed by atoms with E-state index in [0.29, 0.717) is 11.6 Å². The Kier molecular flexibility index (Phi) is 5.50. The maximum atomic E-state index is 5.74. The van der Waals surface area contributed by atoms with Crippen molar-refractivity contribution in [3.05, 3.63) is 23.0 Å². The second-order valence-electron chi connectivity index (χ2n) is 4.48. The van der Waals surface area contributed by atoms with Gasteiger partial charge in [0.05, 0.1) is 18.3 Å². The topological polar surface area (TPSA) is 60.2 Å². The molecule has 0 bridgehead atoms. The van der Waals surface area contributed by atoms with E-state index in [2.05, 4.69) is 10.3 Å². The number of thiocarbonyl (C=S) groups is 1. The van der Waals surface area contributed by atoms with Crippen molar-refractivity contribution in [2.75, 3.05) is 18.5 Å². The standard InChI is InChI=1S/C13H21N3OS/c1-8(2)17-6-5-15-11-7-9(3)16-10(4)12(11)13(14)18/h7-8H,5-6H2,1-4H3,(H2,14,18)(H,15,16). The predicted molar refractivity (Wildman–Crippen MR) is 79.2 cm³/mol. The van der Waals surface area contributed by atoms with Crippen LogP contribution < -0.4 is 11.1 Å². The molecule has 1 heterocycles. The van der Waals surface area contributed by atoms with Gasteiger partial charge in [-0.1, -0.05) is 12.2 Å². The second kappa shape index (κ2) is 6.66. The highest BCUT2D eigenvalue weighted by atomic mass is 32.1. The average Bonchev–Trinajstić information content (AvgIpc) is 2.22. The van der Waals surface area contributed by atoms with Crippen LogP contribution in [0.5, 0.6) is 0 Å². The quantitative estimate of drug-likeness (QED) is 0.611. The molecule has 3 N–H and O–H groups in total. The van der Waals surface area contributed by atoms with Crippen molar-refractivity contribution >= 4 is 22.9 Å². The first-order valence-corrected chi connectivity index (χ1v) is 6.46. The number of nitrogens with two attached hydrogens (primary N) is 1. The van der Waals surface area contributed by atoms with Crippen molar-refractivity contribution in [1.82, 2.24) is 4.98 Å². The Morgan fingerprint density at radius 1 is 1.50 bits per heavy atom. The van der Waals surface area contributed by atoms with Gasteiger partial charge in [0.15, 0.2) is 0 Å². The Bertz CT molecular complexity index is 432. The monoisotopic (exact) mass is 267 g/mol. The molecular formula is C13H21N3OS. The minimum atomic E-state index is 0.239. The molecule has 1 aromatic heterocycles. The first-order chi connectivity index (χ1) is 8.41. The lowest BCUT2D eigenvalue weighted by Gasteiger charge is -2.15. The van der Waals surface area contributed by atoms with Crippen LogP contribution in [0.25, 0.3) is 0 Å². The molecule has 4 nitrogen and oxygen atoms in total. The van der Waals surface area contributed by atoms with Crippen molar-refractivity contribution in [1.29, 1.82) is 0 Å². The number of hydrogen-bond acceptors (Lipinski definition) is 4. The predicted octanol–water partition coefficient (Wildman–Crippen LogP) is 2.17. The number of rotatable bonds is 6. The molecule has 0 aliphatic rings. The lowest BCUT2D eigenvalue weighted by Crippen LogP contribution is -2.19. The minimum Gasteiger partial charge on any atom is -0.389 e. The summed E-state index contributed by atoms with van der Waals surface area (Å²) in [5, 5.41) is 3.30. The van der Waals surface area contributed by atoms with Crippen LogP contribution >= 0.6 is 12.2 Å². The molecule has 0 saturated carbocycles. The molecule has 0 fully saturated rings. The van der Waals surface area contributed by atoms with Crippen LogP contribution in [0.1, 0.15) is 30.8 Å². The van der Waals surface area contributed by atoms with Crippen LogP contribution in [0.15, 0.2) is 6.07 Å². The van der Waals surface area contributed by atoms with Crippen molar-refractivity contribution in [3.63, 3.8) is 0 Å². The summed E-state index contributed by atoms with van der Waals surface area (Å²) in [5.41, 5.74) is 9.29. The van der Waals surface area contributed by atoms with E-state index in [1.54, 1.807) is 0 Å². The third-order valence-corrected chi connectivity index (χ3v) is 2.65. The molecule has 0 atom stereocenters. The summed E-state index contributed by atoms with van der Waals surface area (Å²) in [7, 11) is 0. The molecule has 0 spiro atoms. The highest BCUT2D eigenvalue weighted by molar-refractivity contribution is 7.80. The second-order valence-corrected chi connectivity index (χ2v) is 4.92. The molecule has 1 aromatic rings. The maximum absolute atomic E-state index is 5.74. The van der Waals surface area contributed by atoms with E-state index >= 15 is 0 Å². The summed E-state index contributed by atoms with van der Waals surface area (Å²) in [6.45, 7) is 9.26. The molecule has 100 valence electrons. The number of nitrogens with one attached hydrogen (secondary N) is 1. The minimum absolute atomic E-state index is 0.239. The number of aromatic nitrogens is 1. The zero-order valence-electron chi connectivity index (χ0n) is 11.4. The third-order valence-electron chi connectivity index (χ3n) is 2.44. The van der Waals surface area contributed by atoms with Gasteiger partial charge >= 0.3 is 0 Å². The van der Waals surface area contributed by atoms with Gasteiger partial charge in [-0.3, -0.25) is 4.98 Å². The van der Waals surface area contributed by atoms with Gasteiger partial charge in [-0.25, -0.2) is 0 Å². The van der Waals surface area contributed by atoms with Gasteiger partial charge in [0, 0.05) is 23.6 Å². The molecule has 1 rings (SSSR count). The first-order valence-electron chi connectivity index (χ1n) is 6.05. The van der Waals surface area contributed by atoms with Crippen LogP contribution in [0.3, 0.4) is 0 Å². The van der Waals surface area contributed by atoms with E-state index in [1.807, 2.05) is 33.8 Å². The molecule has 0 radical (unpaired) electrons. The molecule has 5 heteroatoms. The van der Waals surface area contributed by atoms with Gasteiger partial charge in [-0.15, -0.1) is 0 Å². The molecule has 0 aromatic carbocycles. The van der Waals surface area contributed by atoms with Gasteiger partial charge in [0.2, 0.25) is 0 Å². The zero-order chi connectivity index (χ0) is 13.7. The largest absolute Gasteiger partial charge is 0.389 e. The molecule has 0 aliphatic carbocycles. The van der Waals surface area contributed by atoms with Gasteiger partial charge in [-0.2, -0.15) is 0 Å². The van der Waals surface area contributed by atoms with Crippen molar-refractivity contribution in [2.45, 2.75) is 33.8 Å². The molecule has 0 unspecified atom stereocenters. The van der Waals surface area contributed by atoms with E-state index in [9.17, 15) is 0 Å². The van der Waals surface area contributed by atoms with Gasteiger partial charge in [0.25, 0.3) is 0 Å². The van der Waals surface area contributed by atoms with Crippen molar-refractivity contribution in [2.24, 2.45) is 5.73 Å². The van der Waals surface area contributed by atoms with Gasteiger partial charge in [0.1, 0.15) is 4.99 Å². The summed E-state index contributed by atoms with van der Waals surface area (Å²) in [6.07, 6.45) is 0.239. The van der Waals surface area contributed by atoms with E-state index in [-0.39, 0.29) is 6.10 Å². The number of aryl methyl sites for hydroxylation is 2. The summed E-state index contributed by atoms with van der Waals surface area (Å²) >= 11 is 5.07. The van der Waals surface area contributed by atoms with E-state index in [4.69, 9.17) is 22.7 Å². The Morgan fingerprint density at radius 2 is 2.17 bits per heavy atom. The number of ether oxygens (including phenoxy) is 1. The summed E-state index contributed by atoms with van der Waals surface area (Å²) in [4.78, 5) is 4.74. The van der Waals surface area contributed by atoms with Gasteiger partial charge < -0.3 is 15.8 Å². The van der Waals surface area contributed by atoms with Crippen LogP contribution in [-0.2, 0) is 4.74 Å². The maximum Gasteiger partial charge on any atom is 0.107 e. The Morgan fingerprint density at radius 3 is 2.72 bits per heavy atom. The van der Waals surface area contributed by atoms with E-state index in [0.717, 1.165) is 29.2 Å². The lowest BCUT2D eigenvalue weighted by molar-refractivity contribution is 0.0870. The fourth-order valence-electron chi connectivity index (χ4n) is 1.76. The number of anilines is 1. The number of pyridine rings is 1. The fraction of sp³-hybridized carbons (Fsp3) is 0.538. The molecule has 18 heavy (non-hydrogen) atoms. The van der Waals surface area contributed by atoms with Crippen LogP contribution in [-0.4, -0.2) is 29.2 Å². The Hall–Kier alpha value is -1.20. The van der Waals surface area contributed by atoms with Crippen LogP contribution in [0, 0.1) is 13.8 Å². The summed E-state index contributed by atoms with van der Waals surface area (Å²) in [5.74, 6) is 0.